The van der Waals surface area contributed by atoms with E-state index in [0.717, 1.165) is 12.6 Å². The summed E-state index contributed by atoms with van der Waals surface area (Å²) in [6.45, 7) is 1.05. The molecule has 2 rings (SSSR count). The highest BCUT2D eigenvalue weighted by atomic mass is 32.2. The number of nitrogens with one attached hydrogen (secondary N) is 1. The molecule has 1 aliphatic carbocycles. The molecule has 1 N–H and O–H groups in total. The van der Waals surface area contributed by atoms with Crippen LogP contribution in [0.1, 0.15) is 24.4 Å². The summed E-state index contributed by atoms with van der Waals surface area (Å²) in [6.07, 6.45) is 4.82. The lowest BCUT2D eigenvalue weighted by atomic mass is 10.1. The van der Waals surface area contributed by atoms with Crippen LogP contribution in [-0.2, 0) is 0 Å². The average molecular weight is 250 g/mol. The van der Waals surface area contributed by atoms with Crippen LogP contribution in [-0.4, -0.2) is 37.8 Å². The van der Waals surface area contributed by atoms with E-state index in [2.05, 4.69) is 54.8 Å². The summed E-state index contributed by atoms with van der Waals surface area (Å²) in [5, 5.41) is 3.62. The van der Waals surface area contributed by atoms with Gasteiger partial charge in [-0.25, -0.2) is 0 Å². The molecule has 0 radical (unpaired) electrons. The highest BCUT2D eigenvalue weighted by Gasteiger charge is 2.23. The summed E-state index contributed by atoms with van der Waals surface area (Å²) >= 11 is 1.80. The van der Waals surface area contributed by atoms with Gasteiger partial charge in [-0.3, -0.25) is 0 Å². The molecule has 1 aliphatic rings. The Morgan fingerprint density at radius 3 is 2.41 bits per heavy atom. The number of rotatable bonds is 6. The molecule has 1 aromatic rings. The Bertz CT molecular complexity index is 344. The number of benzene rings is 1. The van der Waals surface area contributed by atoms with Gasteiger partial charge in [-0.15, -0.1) is 11.8 Å². The standard InChI is InChI=1S/C14H22N2S/c1-16(2)14(10-15-12-6-7-12)11-4-8-13(17-3)9-5-11/h4-5,8-9,12,14-15H,6-7,10H2,1-3H3. The van der Waals surface area contributed by atoms with Crippen molar-refractivity contribution >= 4 is 11.8 Å². The van der Waals surface area contributed by atoms with Crippen LogP contribution in [0.2, 0.25) is 0 Å². The Morgan fingerprint density at radius 1 is 1.29 bits per heavy atom. The Balaban J connectivity index is 2.01. The lowest BCUT2D eigenvalue weighted by Gasteiger charge is -2.25. The van der Waals surface area contributed by atoms with Crippen molar-refractivity contribution < 1.29 is 0 Å². The van der Waals surface area contributed by atoms with Crippen molar-refractivity contribution in [3.05, 3.63) is 29.8 Å². The summed E-state index contributed by atoms with van der Waals surface area (Å²) in [4.78, 5) is 3.63. The first-order valence-electron chi connectivity index (χ1n) is 6.24. The van der Waals surface area contributed by atoms with E-state index in [4.69, 9.17) is 0 Å². The third-order valence-corrected chi connectivity index (χ3v) is 4.04. The lowest BCUT2D eigenvalue weighted by molar-refractivity contribution is 0.288. The van der Waals surface area contributed by atoms with Gasteiger partial charge in [-0.2, -0.15) is 0 Å². The Kier molecular flexibility index (Phi) is 4.48. The predicted octanol–water partition coefficient (Wildman–Crippen LogP) is 2.76. The zero-order chi connectivity index (χ0) is 12.3. The molecule has 1 fully saturated rings. The maximum Gasteiger partial charge on any atom is 0.0466 e. The van der Waals surface area contributed by atoms with E-state index >= 15 is 0 Å². The minimum atomic E-state index is 0.478. The van der Waals surface area contributed by atoms with Crippen LogP contribution in [0.3, 0.4) is 0 Å². The predicted molar refractivity (Wildman–Crippen MR) is 75.7 cm³/mol. The van der Waals surface area contributed by atoms with Crippen molar-refractivity contribution in [3.63, 3.8) is 0 Å². The molecular weight excluding hydrogens is 228 g/mol. The third kappa shape index (κ3) is 3.73. The molecule has 0 bridgehead atoms. The van der Waals surface area contributed by atoms with Crippen LogP contribution in [0.5, 0.6) is 0 Å². The highest BCUT2D eigenvalue weighted by molar-refractivity contribution is 7.98. The molecule has 17 heavy (non-hydrogen) atoms. The first-order chi connectivity index (χ1) is 8.20. The fourth-order valence-electron chi connectivity index (χ4n) is 1.99. The lowest BCUT2D eigenvalue weighted by Crippen LogP contribution is -2.32. The summed E-state index contributed by atoms with van der Waals surface area (Å²) in [5.41, 5.74) is 1.40. The first-order valence-corrected chi connectivity index (χ1v) is 7.47. The molecule has 1 unspecified atom stereocenters. The van der Waals surface area contributed by atoms with E-state index in [0.29, 0.717) is 6.04 Å². The summed E-state index contributed by atoms with van der Waals surface area (Å²) in [5.74, 6) is 0. The maximum atomic E-state index is 3.62. The second-order valence-corrected chi connectivity index (χ2v) is 5.81. The average Bonchev–Trinajstić information content (AvgIpc) is 3.14. The van der Waals surface area contributed by atoms with Gasteiger partial charge in [0, 0.05) is 23.5 Å². The Labute approximate surface area is 109 Å². The van der Waals surface area contributed by atoms with E-state index in [1.165, 1.54) is 23.3 Å². The number of nitrogens with zero attached hydrogens (tertiary/aromatic N) is 1. The molecule has 0 aromatic heterocycles. The quantitative estimate of drug-likeness (QED) is 0.782. The van der Waals surface area contributed by atoms with Gasteiger partial charge in [0.2, 0.25) is 0 Å². The fraction of sp³-hybridized carbons (Fsp3) is 0.571. The van der Waals surface area contributed by atoms with Crippen molar-refractivity contribution in [2.24, 2.45) is 0 Å². The largest absolute Gasteiger partial charge is 0.312 e. The van der Waals surface area contributed by atoms with Crippen molar-refractivity contribution in [1.29, 1.82) is 0 Å². The monoisotopic (exact) mass is 250 g/mol. The zero-order valence-corrected chi connectivity index (χ0v) is 11.8. The molecule has 0 aliphatic heterocycles. The van der Waals surface area contributed by atoms with Crippen LogP contribution in [0.4, 0.5) is 0 Å². The molecule has 0 spiro atoms. The highest BCUT2D eigenvalue weighted by Crippen LogP contribution is 2.24. The van der Waals surface area contributed by atoms with E-state index in [1.807, 2.05) is 0 Å². The minimum Gasteiger partial charge on any atom is -0.312 e. The first kappa shape index (κ1) is 12.9. The van der Waals surface area contributed by atoms with Crippen molar-refractivity contribution in [1.82, 2.24) is 10.2 Å². The van der Waals surface area contributed by atoms with Crippen LogP contribution in [0.15, 0.2) is 29.2 Å². The van der Waals surface area contributed by atoms with Gasteiger partial charge in [0.25, 0.3) is 0 Å². The van der Waals surface area contributed by atoms with Gasteiger partial charge in [0.05, 0.1) is 0 Å². The smallest absolute Gasteiger partial charge is 0.0466 e. The van der Waals surface area contributed by atoms with Gasteiger partial charge >= 0.3 is 0 Å². The summed E-state index contributed by atoms with van der Waals surface area (Å²) < 4.78 is 0. The van der Waals surface area contributed by atoms with E-state index in [-0.39, 0.29) is 0 Å². The fourth-order valence-corrected chi connectivity index (χ4v) is 2.40. The number of hydrogen-bond donors (Lipinski definition) is 1. The molecule has 0 amide bonds. The minimum absolute atomic E-state index is 0.478. The van der Waals surface area contributed by atoms with Gasteiger partial charge in [-0.1, -0.05) is 12.1 Å². The van der Waals surface area contributed by atoms with Crippen LogP contribution < -0.4 is 5.32 Å². The van der Waals surface area contributed by atoms with Gasteiger partial charge in [0.1, 0.15) is 0 Å². The van der Waals surface area contributed by atoms with E-state index < -0.39 is 0 Å². The van der Waals surface area contributed by atoms with Crippen molar-refractivity contribution in [2.45, 2.75) is 29.8 Å². The summed E-state index contributed by atoms with van der Waals surface area (Å²) in [7, 11) is 4.31. The van der Waals surface area contributed by atoms with Gasteiger partial charge in [0.15, 0.2) is 0 Å². The normalized spacial score (nSPS) is 17.4. The van der Waals surface area contributed by atoms with Crippen LogP contribution >= 0.6 is 11.8 Å². The topological polar surface area (TPSA) is 15.3 Å². The summed E-state index contributed by atoms with van der Waals surface area (Å²) in [6, 6.07) is 10.2. The zero-order valence-electron chi connectivity index (χ0n) is 10.9. The van der Waals surface area contributed by atoms with Crippen molar-refractivity contribution in [2.75, 3.05) is 26.9 Å². The molecular formula is C14H22N2S. The van der Waals surface area contributed by atoms with Gasteiger partial charge < -0.3 is 10.2 Å². The molecule has 1 saturated carbocycles. The molecule has 0 heterocycles. The van der Waals surface area contributed by atoms with Crippen LogP contribution in [0, 0.1) is 0 Å². The molecule has 1 aromatic carbocycles. The van der Waals surface area contributed by atoms with E-state index in [9.17, 15) is 0 Å². The molecule has 2 nitrogen and oxygen atoms in total. The Morgan fingerprint density at radius 2 is 1.94 bits per heavy atom. The number of hydrogen-bond acceptors (Lipinski definition) is 3. The molecule has 94 valence electrons. The molecule has 0 saturated heterocycles. The maximum absolute atomic E-state index is 3.62. The van der Waals surface area contributed by atoms with Gasteiger partial charge in [-0.05, 0) is 50.9 Å². The molecule has 3 heteroatoms. The Hall–Kier alpha value is -0.510. The molecule has 1 atom stereocenters. The SMILES string of the molecule is CSc1ccc(C(CNC2CC2)N(C)C)cc1. The van der Waals surface area contributed by atoms with Crippen molar-refractivity contribution in [3.8, 4) is 0 Å². The van der Waals surface area contributed by atoms with E-state index in [1.54, 1.807) is 11.8 Å². The third-order valence-electron chi connectivity index (χ3n) is 3.30. The second-order valence-electron chi connectivity index (χ2n) is 4.94. The van der Waals surface area contributed by atoms with Crippen LogP contribution in [0.25, 0.3) is 0 Å². The second kappa shape index (κ2) is 5.89. The number of likely N-dealkylation sites (N-methyl/N-ethyl adjacent to an activating group) is 1. The number of thioether (sulfide) groups is 1.